The van der Waals surface area contributed by atoms with Gasteiger partial charge in [-0.2, -0.15) is 0 Å². The van der Waals surface area contributed by atoms with Gasteiger partial charge in [0.05, 0.1) is 33.8 Å². The lowest BCUT2D eigenvalue weighted by Gasteiger charge is -2.08. The Morgan fingerprint density at radius 3 is 2.71 bits per heavy atom. The van der Waals surface area contributed by atoms with Crippen molar-refractivity contribution in [1.82, 2.24) is 4.98 Å². The Hall–Kier alpha value is -2.18. The van der Waals surface area contributed by atoms with Gasteiger partial charge in [0.15, 0.2) is 0 Å². The molecule has 0 saturated carbocycles. The van der Waals surface area contributed by atoms with Crippen LogP contribution in [0.15, 0.2) is 41.8 Å². The van der Waals surface area contributed by atoms with E-state index in [-0.39, 0.29) is 12.3 Å². The Morgan fingerprint density at radius 2 is 2.04 bits per heavy atom. The van der Waals surface area contributed by atoms with Crippen molar-refractivity contribution in [2.45, 2.75) is 12.8 Å². The summed E-state index contributed by atoms with van der Waals surface area (Å²) in [5.41, 5.74) is 1.54. The van der Waals surface area contributed by atoms with Crippen LogP contribution in [0, 0.1) is 5.82 Å². The molecule has 2 rings (SSSR count). The maximum atomic E-state index is 13.1. The summed E-state index contributed by atoms with van der Waals surface area (Å²) in [7, 11) is 1.41. The Kier molecular flexibility index (Phi) is 6.52. The maximum Gasteiger partial charge on any atom is 0.224 e. The standard InChI is InChI=1S/C16H14Cl2FN3O2/c1-24-22-15(10-2-3-13(17)14(18)6-10)4-5-16(23)21-12-7-11(19)8-20-9-12/h2-3,6-9H,4-5H2,1H3,(H,21,23)/b22-15+. The third-order valence-corrected chi connectivity index (χ3v) is 3.77. The molecule has 0 fully saturated rings. The van der Waals surface area contributed by atoms with Crippen LogP contribution < -0.4 is 5.32 Å². The van der Waals surface area contributed by atoms with Crippen LogP contribution in [-0.2, 0) is 9.63 Å². The maximum absolute atomic E-state index is 13.1. The molecule has 1 heterocycles. The SMILES string of the molecule is CO/N=C(\CCC(=O)Nc1cncc(F)c1)c1ccc(Cl)c(Cl)c1. The van der Waals surface area contributed by atoms with Gasteiger partial charge in [-0.3, -0.25) is 9.78 Å². The van der Waals surface area contributed by atoms with E-state index in [0.717, 1.165) is 6.20 Å². The van der Waals surface area contributed by atoms with Crippen molar-refractivity contribution >= 4 is 40.5 Å². The second kappa shape index (κ2) is 8.61. The monoisotopic (exact) mass is 369 g/mol. The first kappa shape index (κ1) is 18.2. The van der Waals surface area contributed by atoms with E-state index in [0.29, 0.717) is 33.4 Å². The second-order valence-corrected chi connectivity index (χ2v) is 5.60. The molecule has 0 radical (unpaired) electrons. The van der Waals surface area contributed by atoms with Crippen molar-refractivity contribution < 1.29 is 14.0 Å². The third kappa shape index (κ3) is 5.18. The molecule has 24 heavy (non-hydrogen) atoms. The van der Waals surface area contributed by atoms with Crippen LogP contribution in [0.4, 0.5) is 10.1 Å². The number of rotatable bonds is 6. The molecular weight excluding hydrogens is 356 g/mol. The molecule has 8 heteroatoms. The van der Waals surface area contributed by atoms with E-state index in [1.54, 1.807) is 18.2 Å². The van der Waals surface area contributed by atoms with E-state index in [1.807, 2.05) is 0 Å². The number of carbonyl (C=O) groups excluding carboxylic acids is 1. The van der Waals surface area contributed by atoms with Crippen molar-refractivity contribution in [3.63, 3.8) is 0 Å². The lowest BCUT2D eigenvalue weighted by molar-refractivity contribution is -0.116. The van der Waals surface area contributed by atoms with Crippen LogP contribution in [0.1, 0.15) is 18.4 Å². The van der Waals surface area contributed by atoms with E-state index in [9.17, 15) is 9.18 Å². The number of anilines is 1. The fraction of sp³-hybridized carbons (Fsp3) is 0.188. The minimum Gasteiger partial charge on any atom is -0.399 e. The fourth-order valence-electron chi connectivity index (χ4n) is 1.96. The summed E-state index contributed by atoms with van der Waals surface area (Å²) >= 11 is 11.9. The number of pyridine rings is 1. The van der Waals surface area contributed by atoms with Gasteiger partial charge in [0.2, 0.25) is 5.91 Å². The lowest BCUT2D eigenvalue weighted by Crippen LogP contribution is -2.14. The van der Waals surface area contributed by atoms with Crippen LogP contribution in [0.2, 0.25) is 10.0 Å². The van der Waals surface area contributed by atoms with Crippen molar-refractivity contribution in [3.8, 4) is 0 Å². The smallest absolute Gasteiger partial charge is 0.224 e. The number of carbonyl (C=O) groups is 1. The van der Waals surface area contributed by atoms with E-state index in [4.69, 9.17) is 28.0 Å². The predicted molar refractivity (Wildman–Crippen MR) is 92.1 cm³/mol. The second-order valence-electron chi connectivity index (χ2n) is 4.79. The fourth-order valence-corrected chi connectivity index (χ4v) is 2.26. The molecule has 0 atom stereocenters. The highest BCUT2D eigenvalue weighted by molar-refractivity contribution is 6.42. The number of benzene rings is 1. The minimum atomic E-state index is -0.523. The van der Waals surface area contributed by atoms with Gasteiger partial charge in [-0.1, -0.05) is 34.4 Å². The van der Waals surface area contributed by atoms with Gasteiger partial charge in [-0.25, -0.2) is 4.39 Å². The molecule has 0 saturated heterocycles. The average Bonchev–Trinajstić information content (AvgIpc) is 2.54. The molecule has 1 N–H and O–H groups in total. The number of amides is 1. The molecule has 0 aliphatic carbocycles. The van der Waals surface area contributed by atoms with Gasteiger partial charge in [0.25, 0.3) is 0 Å². The summed E-state index contributed by atoms with van der Waals surface area (Å²) in [4.78, 5) is 20.5. The molecule has 0 aliphatic heterocycles. The van der Waals surface area contributed by atoms with Gasteiger partial charge < -0.3 is 10.2 Å². The zero-order valence-electron chi connectivity index (χ0n) is 12.7. The molecule has 5 nitrogen and oxygen atoms in total. The van der Waals surface area contributed by atoms with Crippen molar-refractivity contribution in [2.24, 2.45) is 5.16 Å². The molecular formula is C16H14Cl2FN3O2. The molecule has 1 aromatic heterocycles. The first-order chi connectivity index (χ1) is 11.5. The number of aromatic nitrogens is 1. The van der Waals surface area contributed by atoms with Crippen LogP contribution in [0.5, 0.6) is 0 Å². The van der Waals surface area contributed by atoms with Gasteiger partial charge in [-0.05, 0) is 12.1 Å². The van der Waals surface area contributed by atoms with Crippen LogP contribution in [0.3, 0.4) is 0 Å². The van der Waals surface area contributed by atoms with E-state index >= 15 is 0 Å². The molecule has 0 unspecified atom stereocenters. The van der Waals surface area contributed by atoms with Crippen molar-refractivity contribution in [1.29, 1.82) is 0 Å². The summed E-state index contributed by atoms with van der Waals surface area (Å²) in [6.45, 7) is 0. The Balaban J connectivity index is 2.02. The molecule has 0 aliphatic rings. The molecule has 2 aromatic rings. The molecule has 1 aromatic carbocycles. The first-order valence-electron chi connectivity index (χ1n) is 6.95. The van der Waals surface area contributed by atoms with Crippen LogP contribution in [0.25, 0.3) is 0 Å². The molecule has 0 bridgehead atoms. The van der Waals surface area contributed by atoms with Gasteiger partial charge >= 0.3 is 0 Å². The minimum absolute atomic E-state index is 0.124. The molecule has 0 spiro atoms. The number of nitrogens with zero attached hydrogens (tertiary/aromatic N) is 2. The zero-order valence-corrected chi connectivity index (χ0v) is 14.2. The summed E-state index contributed by atoms with van der Waals surface area (Å²) in [6.07, 6.45) is 2.85. The Morgan fingerprint density at radius 1 is 1.25 bits per heavy atom. The van der Waals surface area contributed by atoms with E-state index < -0.39 is 5.82 Å². The van der Waals surface area contributed by atoms with Crippen molar-refractivity contribution in [3.05, 3.63) is 58.1 Å². The highest BCUT2D eigenvalue weighted by Gasteiger charge is 2.11. The number of halogens is 3. The van der Waals surface area contributed by atoms with Crippen LogP contribution in [-0.4, -0.2) is 23.7 Å². The van der Waals surface area contributed by atoms with Gasteiger partial charge in [-0.15, -0.1) is 0 Å². The number of oxime groups is 1. The van der Waals surface area contributed by atoms with E-state index in [1.165, 1.54) is 19.4 Å². The van der Waals surface area contributed by atoms with E-state index in [2.05, 4.69) is 15.5 Å². The number of hydrogen-bond donors (Lipinski definition) is 1. The normalized spacial score (nSPS) is 11.2. The zero-order chi connectivity index (χ0) is 17.5. The Bertz CT molecular complexity index is 769. The average molecular weight is 370 g/mol. The first-order valence-corrected chi connectivity index (χ1v) is 7.71. The molecule has 1 amide bonds. The topological polar surface area (TPSA) is 63.6 Å². The summed E-state index contributed by atoms with van der Waals surface area (Å²) in [6, 6.07) is 6.22. The third-order valence-electron chi connectivity index (χ3n) is 3.03. The summed E-state index contributed by atoms with van der Waals surface area (Å²) in [5.74, 6) is -0.823. The van der Waals surface area contributed by atoms with Crippen LogP contribution >= 0.6 is 23.2 Å². The van der Waals surface area contributed by atoms with Gasteiger partial charge in [0.1, 0.15) is 12.9 Å². The molecule has 126 valence electrons. The summed E-state index contributed by atoms with van der Waals surface area (Å²) < 4.78 is 13.1. The van der Waals surface area contributed by atoms with Crippen molar-refractivity contribution in [2.75, 3.05) is 12.4 Å². The quantitative estimate of drug-likeness (QED) is 0.609. The van der Waals surface area contributed by atoms with Gasteiger partial charge in [0, 0.05) is 24.5 Å². The summed E-state index contributed by atoms with van der Waals surface area (Å²) in [5, 5.41) is 7.30. The Labute approximate surface area is 148 Å². The lowest BCUT2D eigenvalue weighted by atomic mass is 10.1. The number of hydrogen-bond acceptors (Lipinski definition) is 4. The largest absolute Gasteiger partial charge is 0.399 e. The predicted octanol–water partition coefficient (Wildman–Crippen LogP) is 4.30. The number of nitrogens with one attached hydrogen (secondary N) is 1. The highest BCUT2D eigenvalue weighted by Crippen LogP contribution is 2.23. The highest BCUT2D eigenvalue weighted by atomic mass is 35.5.